The highest BCUT2D eigenvalue weighted by Gasteiger charge is 2.31. The highest BCUT2D eigenvalue weighted by Crippen LogP contribution is 2.35. The van der Waals surface area contributed by atoms with E-state index in [1.165, 1.54) is 0 Å². The minimum Gasteiger partial charge on any atom is -0.461 e. The van der Waals surface area contributed by atoms with Crippen LogP contribution in [0, 0.1) is 0 Å². The van der Waals surface area contributed by atoms with Crippen molar-refractivity contribution in [1.82, 2.24) is 0 Å². The Morgan fingerprint density at radius 1 is 0.684 bits per heavy atom. The second-order valence-corrected chi connectivity index (χ2v) is 16.4. The van der Waals surface area contributed by atoms with Gasteiger partial charge in [-0.25, -0.2) is 9.59 Å². The summed E-state index contributed by atoms with van der Waals surface area (Å²) in [5.41, 5.74) is 0. The summed E-state index contributed by atoms with van der Waals surface area (Å²) in [7, 11) is 0. The second-order valence-electron chi connectivity index (χ2n) is 2.88. The Labute approximate surface area is 160 Å². The fourth-order valence-corrected chi connectivity index (χ4v) is 1.34. The van der Waals surface area contributed by atoms with Crippen molar-refractivity contribution >= 4 is 108 Å². The molecule has 0 aliphatic rings. The molecule has 0 N–H and O–H groups in total. The summed E-state index contributed by atoms with van der Waals surface area (Å²) in [5.74, 6) is -1.05. The SMILES string of the molecule is O=C(OCCOCCOC(=O)C(Br)(Br)Br)C(Br)(Br)Br. The minimum atomic E-state index is -1.08. The van der Waals surface area contributed by atoms with Crippen LogP contribution >= 0.6 is 95.6 Å². The summed E-state index contributed by atoms with van der Waals surface area (Å²) < 4.78 is 12.7. The van der Waals surface area contributed by atoms with Gasteiger partial charge in [-0.15, -0.1) is 0 Å². The molecule has 0 radical (unpaired) electrons. The van der Waals surface area contributed by atoms with E-state index in [1.807, 2.05) is 0 Å². The molecule has 19 heavy (non-hydrogen) atoms. The van der Waals surface area contributed by atoms with Crippen LogP contribution in [-0.2, 0) is 23.8 Å². The first-order valence-electron chi connectivity index (χ1n) is 4.61. The van der Waals surface area contributed by atoms with Gasteiger partial charge in [0.05, 0.1) is 13.2 Å². The summed E-state index contributed by atoms with van der Waals surface area (Å²) in [4.78, 5) is 22.5. The molecule has 0 aromatic rings. The lowest BCUT2D eigenvalue weighted by Gasteiger charge is -2.13. The van der Waals surface area contributed by atoms with E-state index < -0.39 is 16.2 Å². The molecule has 0 saturated heterocycles. The fourth-order valence-electron chi connectivity index (χ4n) is 0.652. The normalized spacial score (nSPS) is 12.1. The van der Waals surface area contributed by atoms with Crippen molar-refractivity contribution in [1.29, 1.82) is 0 Å². The standard InChI is InChI=1S/C8H8Br6O5/c9-7(10,11)5(15)18-3-1-17-2-4-19-6(16)8(12,13)14/h1-4H2. The average molecular weight is 664 g/mol. The minimum absolute atomic E-state index is 0.0938. The van der Waals surface area contributed by atoms with E-state index in [-0.39, 0.29) is 26.4 Å². The van der Waals surface area contributed by atoms with Gasteiger partial charge < -0.3 is 14.2 Å². The number of esters is 2. The average Bonchev–Trinajstić information content (AvgIpc) is 2.24. The Morgan fingerprint density at radius 3 is 1.26 bits per heavy atom. The molecule has 0 saturated carbocycles. The third-order valence-corrected chi connectivity index (χ3v) is 3.33. The van der Waals surface area contributed by atoms with Gasteiger partial charge in [0.15, 0.2) is 0 Å². The predicted octanol–water partition coefficient (Wildman–Crippen LogP) is 3.77. The Morgan fingerprint density at radius 2 is 1.00 bits per heavy atom. The van der Waals surface area contributed by atoms with Crippen LogP contribution in [0.3, 0.4) is 0 Å². The van der Waals surface area contributed by atoms with Gasteiger partial charge >= 0.3 is 11.9 Å². The van der Waals surface area contributed by atoms with Gasteiger partial charge in [-0.3, -0.25) is 0 Å². The highest BCUT2D eigenvalue weighted by atomic mass is 80.0. The topological polar surface area (TPSA) is 61.8 Å². The Balaban J connectivity index is 3.53. The van der Waals surface area contributed by atoms with Crippen molar-refractivity contribution in [3.8, 4) is 0 Å². The van der Waals surface area contributed by atoms with Crippen LogP contribution in [0.25, 0.3) is 0 Å². The number of carbonyl (C=O) groups excluding carboxylic acids is 2. The molecule has 0 fully saturated rings. The van der Waals surface area contributed by atoms with Gasteiger partial charge in [-0.2, -0.15) is 0 Å². The van der Waals surface area contributed by atoms with Crippen LogP contribution in [-0.4, -0.2) is 42.7 Å². The molecule has 0 bridgehead atoms. The fraction of sp³-hybridized carbons (Fsp3) is 0.750. The molecular weight excluding hydrogens is 656 g/mol. The van der Waals surface area contributed by atoms with Crippen molar-refractivity contribution < 1.29 is 23.8 Å². The van der Waals surface area contributed by atoms with E-state index in [9.17, 15) is 9.59 Å². The molecule has 0 atom stereocenters. The van der Waals surface area contributed by atoms with Crippen LogP contribution in [0.4, 0.5) is 0 Å². The zero-order valence-corrected chi connectivity index (χ0v) is 18.7. The van der Waals surface area contributed by atoms with E-state index in [0.29, 0.717) is 0 Å². The molecule has 112 valence electrons. The monoisotopic (exact) mass is 658 g/mol. The number of carbonyl (C=O) groups is 2. The number of hydrogen-bond donors (Lipinski definition) is 0. The van der Waals surface area contributed by atoms with Crippen molar-refractivity contribution in [3.05, 3.63) is 0 Å². The van der Waals surface area contributed by atoms with E-state index in [1.54, 1.807) is 0 Å². The van der Waals surface area contributed by atoms with E-state index in [0.717, 1.165) is 0 Å². The molecule has 0 aromatic carbocycles. The quantitative estimate of drug-likeness (QED) is 0.246. The molecular formula is C8H8Br6O5. The second kappa shape index (κ2) is 9.73. The maximum Gasteiger partial charge on any atom is 0.345 e. The largest absolute Gasteiger partial charge is 0.461 e. The van der Waals surface area contributed by atoms with Crippen LogP contribution in [0.1, 0.15) is 0 Å². The van der Waals surface area contributed by atoms with Gasteiger partial charge in [0.1, 0.15) is 13.2 Å². The Bertz CT molecular complexity index is 280. The Hall–Kier alpha value is 1.78. The van der Waals surface area contributed by atoms with Gasteiger partial charge in [0.2, 0.25) is 4.29 Å². The van der Waals surface area contributed by atoms with Crippen LogP contribution in [0.5, 0.6) is 0 Å². The first kappa shape index (κ1) is 20.8. The summed E-state index contributed by atoms with van der Waals surface area (Å²) in [6.07, 6.45) is 0. The van der Waals surface area contributed by atoms with E-state index in [2.05, 4.69) is 95.6 Å². The molecule has 0 unspecified atom stereocenters. The summed E-state index contributed by atoms with van der Waals surface area (Å²) in [5, 5.41) is 0. The lowest BCUT2D eigenvalue weighted by atomic mass is 10.7. The molecule has 0 heterocycles. The number of hydrogen-bond acceptors (Lipinski definition) is 5. The Kier molecular flexibility index (Phi) is 10.6. The first-order chi connectivity index (χ1) is 8.55. The smallest absolute Gasteiger partial charge is 0.345 e. The number of alkyl halides is 6. The lowest BCUT2D eigenvalue weighted by Crippen LogP contribution is -2.24. The summed E-state index contributed by atoms with van der Waals surface area (Å²) >= 11 is 18.1. The molecule has 0 rings (SSSR count). The van der Waals surface area contributed by atoms with Gasteiger partial charge in [-0.05, 0) is 95.6 Å². The molecule has 0 spiro atoms. The molecule has 0 aliphatic carbocycles. The van der Waals surface area contributed by atoms with Gasteiger partial charge in [0.25, 0.3) is 0 Å². The van der Waals surface area contributed by atoms with Crippen molar-refractivity contribution in [2.45, 2.75) is 4.29 Å². The van der Waals surface area contributed by atoms with Crippen molar-refractivity contribution in [2.75, 3.05) is 26.4 Å². The van der Waals surface area contributed by atoms with Crippen molar-refractivity contribution in [2.24, 2.45) is 0 Å². The van der Waals surface area contributed by atoms with E-state index in [4.69, 9.17) is 14.2 Å². The maximum atomic E-state index is 11.2. The summed E-state index contributed by atoms with van der Waals surface area (Å²) in [6.45, 7) is 0.593. The first-order valence-corrected chi connectivity index (χ1v) is 9.36. The van der Waals surface area contributed by atoms with Crippen LogP contribution < -0.4 is 0 Å². The molecule has 0 amide bonds. The highest BCUT2D eigenvalue weighted by molar-refractivity contribution is 9.40. The third kappa shape index (κ3) is 11.1. The number of rotatable bonds is 6. The molecule has 0 aromatic heterocycles. The third-order valence-electron chi connectivity index (χ3n) is 1.38. The maximum absolute atomic E-state index is 11.2. The predicted molar refractivity (Wildman–Crippen MR) is 91.8 cm³/mol. The number of ether oxygens (including phenoxy) is 3. The molecule has 5 nitrogen and oxygen atoms in total. The zero-order chi connectivity index (χ0) is 15.1. The van der Waals surface area contributed by atoms with Gasteiger partial charge in [0, 0.05) is 0 Å². The zero-order valence-electron chi connectivity index (χ0n) is 9.14. The van der Waals surface area contributed by atoms with Crippen LogP contribution in [0.2, 0.25) is 0 Å². The summed E-state index contributed by atoms with van der Waals surface area (Å²) in [6, 6.07) is 0. The van der Waals surface area contributed by atoms with Gasteiger partial charge in [-0.1, -0.05) is 0 Å². The molecule has 11 heteroatoms. The van der Waals surface area contributed by atoms with Crippen LogP contribution in [0.15, 0.2) is 0 Å². The number of halogens is 6. The van der Waals surface area contributed by atoms with Crippen molar-refractivity contribution in [3.63, 3.8) is 0 Å². The lowest BCUT2D eigenvalue weighted by molar-refractivity contribution is -0.144. The van der Waals surface area contributed by atoms with E-state index >= 15 is 0 Å². The molecule has 0 aliphatic heterocycles.